The van der Waals surface area contributed by atoms with E-state index < -0.39 is 0 Å². The third kappa shape index (κ3) is 3.05. The molecule has 0 bridgehead atoms. The van der Waals surface area contributed by atoms with Gasteiger partial charge in [-0.15, -0.1) is 0 Å². The number of halogens is 1. The number of anilines is 1. The molecule has 1 aliphatic carbocycles. The molecule has 0 amide bonds. The number of methoxy groups -OCH3 is 1. The van der Waals surface area contributed by atoms with Gasteiger partial charge in [-0.25, -0.2) is 0 Å². The molecule has 1 fully saturated rings. The summed E-state index contributed by atoms with van der Waals surface area (Å²) >= 11 is 6.00. The summed E-state index contributed by atoms with van der Waals surface area (Å²) in [5, 5.41) is 4.16. The number of ether oxygens (including phenoxy) is 1. The van der Waals surface area contributed by atoms with Crippen molar-refractivity contribution in [3.8, 4) is 5.75 Å². The highest BCUT2D eigenvalue weighted by Gasteiger charge is 2.22. The predicted molar refractivity (Wildman–Crippen MR) is 71.9 cm³/mol. The van der Waals surface area contributed by atoms with E-state index in [1.807, 2.05) is 18.2 Å². The van der Waals surface area contributed by atoms with Crippen molar-refractivity contribution in [2.45, 2.75) is 37.8 Å². The second-order valence-corrected chi connectivity index (χ2v) is 4.98. The van der Waals surface area contributed by atoms with E-state index in [1.165, 1.54) is 12.8 Å². The molecule has 2 rings (SSSR count). The van der Waals surface area contributed by atoms with Crippen LogP contribution in [0, 0.1) is 0 Å². The van der Waals surface area contributed by atoms with Gasteiger partial charge in [-0.3, -0.25) is 0 Å². The number of benzene rings is 1. The van der Waals surface area contributed by atoms with E-state index in [4.69, 9.17) is 22.1 Å². The molecule has 94 valence electrons. The monoisotopic (exact) mass is 254 g/mol. The third-order valence-corrected chi connectivity index (χ3v) is 3.56. The lowest BCUT2D eigenvalue weighted by molar-refractivity contribution is 0.396. The van der Waals surface area contributed by atoms with E-state index in [0.717, 1.165) is 24.3 Å². The first-order chi connectivity index (χ1) is 8.20. The lowest BCUT2D eigenvalue weighted by Gasteiger charge is -2.30. The summed E-state index contributed by atoms with van der Waals surface area (Å²) < 4.78 is 5.32. The zero-order valence-electron chi connectivity index (χ0n) is 10.1. The van der Waals surface area contributed by atoms with Crippen molar-refractivity contribution in [2.24, 2.45) is 5.73 Å². The first-order valence-electron chi connectivity index (χ1n) is 6.06. The minimum Gasteiger partial charge on any atom is -0.495 e. The molecule has 3 nitrogen and oxygen atoms in total. The summed E-state index contributed by atoms with van der Waals surface area (Å²) in [7, 11) is 1.66. The van der Waals surface area contributed by atoms with Gasteiger partial charge in [-0.05, 0) is 31.0 Å². The van der Waals surface area contributed by atoms with Crippen LogP contribution in [-0.4, -0.2) is 19.2 Å². The van der Waals surface area contributed by atoms with Gasteiger partial charge < -0.3 is 15.8 Å². The van der Waals surface area contributed by atoms with Crippen molar-refractivity contribution in [1.29, 1.82) is 0 Å². The molecular formula is C13H19ClN2O. The minimum atomic E-state index is 0.215. The van der Waals surface area contributed by atoms with Crippen molar-refractivity contribution in [2.75, 3.05) is 12.4 Å². The zero-order valence-corrected chi connectivity index (χ0v) is 10.8. The van der Waals surface area contributed by atoms with E-state index >= 15 is 0 Å². The molecule has 0 aromatic heterocycles. The largest absolute Gasteiger partial charge is 0.495 e. The quantitative estimate of drug-likeness (QED) is 0.872. The Balaban J connectivity index is 2.13. The predicted octanol–water partition coefficient (Wildman–Crippen LogP) is 3.03. The maximum absolute atomic E-state index is 6.12. The van der Waals surface area contributed by atoms with Crippen LogP contribution >= 0.6 is 11.6 Å². The van der Waals surface area contributed by atoms with Crippen molar-refractivity contribution in [1.82, 2.24) is 0 Å². The topological polar surface area (TPSA) is 47.3 Å². The Bertz CT molecular complexity index is 384. The molecule has 0 unspecified atom stereocenters. The lowest BCUT2D eigenvalue weighted by Crippen LogP contribution is -2.42. The van der Waals surface area contributed by atoms with E-state index in [0.29, 0.717) is 11.1 Å². The van der Waals surface area contributed by atoms with Gasteiger partial charge in [0.1, 0.15) is 5.75 Å². The maximum atomic E-state index is 6.12. The van der Waals surface area contributed by atoms with Crippen LogP contribution in [0.15, 0.2) is 18.2 Å². The molecule has 0 radical (unpaired) electrons. The van der Waals surface area contributed by atoms with Crippen molar-refractivity contribution < 1.29 is 4.74 Å². The number of nitrogens with two attached hydrogens (primary N) is 1. The van der Waals surface area contributed by atoms with Crippen LogP contribution in [0.5, 0.6) is 5.75 Å². The SMILES string of the molecule is COc1ccc(Cl)cc1N[C@@H]1CCCC[C@H]1N. The smallest absolute Gasteiger partial charge is 0.142 e. The van der Waals surface area contributed by atoms with Crippen LogP contribution in [-0.2, 0) is 0 Å². The van der Waals surface area contributed by atoms with Crippen LogP contribution < -0.4 is 15.8 Å². The summed E-state index contributed by atoms with van der Waals surface area (Å²) in [6.45, 7) is 0. The molecular weight excluding hydrogens is 236 g/mol. The van der Waals surface area contributed by atoms with Crippen molar-refractivity contribution in [3.05, 3.63) is 23.2 Å². The third-order valence-electron chi connectivity index (χ3n) is 3.32. The Hall–Kier alpha value is -0.930. The number of nitrogens with one attached hydrogen (secondary N) is 1. The fraction of sp³-hybridized carbons (Fsp3) is 0.538. The zero-order chi connectivity index (χ0) is 12.3. The Morgan fingerprint density at radius 3 is 2.82 bits per heavy atom. The van der Waals surface area contributed by atoms with Gasteiger partial charge in [-0.2, -0.15) is 0 Å². The average molecular weight is 255 g/mol. The average Bonchev–Trinajstić information content (AvgIpc) is 2.32. The Labute approximate surface area is 107 Å². The van der Waals surface area contributed by atoms with E-state index in [2.05, 4.69) is 5.32 Å². The fourth-order valence-electron chi connectivity index (χ4n) is 2.33. The summed E-state index contributed by atoms with van der Waals surface area (Å²) in [6, 6.07) is 6.12. The lowest BCUT2D eigenvalue weighted by atomic mass is 9.91. The summed E-state index contributed by atoms with van der Waals surface area (Å²) in [4.78, 5) is 0. The molecule has 1 saturated carbocycles. The van der Waals surface area contributed by atoms with Gasteiger partial charge in [0.05, 0.1) is 12.8 Å². The van der Waals surface area contributed by atoms with Crippen LogP contribution in [0.25, 0.3) is 0 Å². The number of hydrogen-bond donors (Lipinski definition) is 2. The summed E-state index contributed by atoms with van der Waals surface area (Å²) in [6.07, 6.45) is 4.65. The van der Waals surface area contributed by atoms with Gasteiger partial charge in [0, 0.05) is 17.1 Å². The summed E-state index contributed by atoms with van der Waals surface area (Å²) in [5.41, 5.74) is 7.05. The Morgan fingerprint density at radius 2 is 2.12 bits per heavy atom. The first kappa shape index (κ1) is 12.5. The van der Waals surface area contributed by atoms with E-state index in [1.54, 1.807) is 7.11 Å². The molecule has 1 aromatic rings. The van der Waals surface area contributed by atoms with Crippen molar-refractivity contribution >= 4 is 17.3 Å². The molecule has 17 heavy (non-hydrogen) atoms. The normalized spacial score (nSPS) is 24.4. The second kappa shape index (κ2) is 5.61. The molecule has 3 N–H and O–H groups in total. The van der Waals surface area contributed by atoms with Crippen LogP contribution in [0.1, 0.15) is 25.7 Å². The van der Waals surface area contributed by atoms with Gasteiger partial charge in [0.25, 0.3) is 0 Å². The highest BCUT2D eigenvalue weighted by Crippen LogP contribution is 2.30. The summed E-state index contributed by atoms with van der Waals surface area (Å²) in [5.74, 6) is 0.812. The number of hydrogen-bond acceptors (Lipinski definition) is 3. The molecule has 1 aromatic carbocycles. The molecule has 0 aliphatic heterocycles. The van der Waals surface area contributed by atoms with Gasteiger partial charge in [0.2, 0.25) is 0 Å². The number of rotatable bonds is 3. The van der Waals surface area contributed by atoms with Crippen LogP contribution in [0.2, 0.25) is 5.02 Å². The fourth-order valence-corrected chi connectivity index (χ4v) is 2.50. The van der Waals surface area contributed by atoms with Gasteiger partial charge in [-0.1, -0.05) is 24.4 Å². The van der Waals surface area contributed by atoms with Crippen LogP contribution in [0.4, 0.5) is 5.69 Å². The molecule has 2 atom stereocenters. The van der Waals surface area contributed by atoms with Crippen molar-refractivity contribution in [3.63, 3.8) is 0 Å². The Kier molecular flexibility index (Phi) is 4.13. The van der Waals surface area contributed by atoms with E-state index in [9.17, 15) is 0 Å². The molecule has 0 saturated heterocycles. The Morgan fingerprint density at radius 1 is 1.35 bits per heavy atom. The van der Waals surface area contributed by atoms with Crippen LogP contribution in [0.3, 0.4) is 0 Å². The molecule has 0 heterocycles. The molecule has 4 heteroatoms. The van der Waals surface area contributed by atoms with Gasteiger partial charge >= 0.3 is 0 Å². The standard InChI is InChI=1S/C13H19ClN2O/c1-17-13-7-6-9(14)8-12(13)16-11-5-3-2-4-10(11)15/h6-8,10-11,16H,2-5,15H2,1H3/t10-,11-/m1/s1. The molecule has 0 spiro atoms. The highest BCUT2D eigenvalue weighted by atomic mass is 35.5. The first-order valence-corrected chi connectivity index (χ1v) is 6.44. The van der Waals surface area contributed by atoms with E-state index in [-0.39, 0.29) is 6.04 Å². The van der Waals surface area contributed by atoms with Gasteiger partial charge in [0.15, 0.2) is 0 Å². The maximum Gasteiger partial charge on any atom is 0.142 e. The molecule has 1 aliphatic rings. The second-order valence-electron chi connectivity index (χ2n) is 4.54. The highest BCUT2D eigenvalue weighted by molar-refractivity contribution is 6.30. The minimum absolute atomic E-state index is 0.215.